The van der Waals surface area contributed by atoms with E-state index in [4.69, 9.17) is 9.47 Å². The lowest BCUT2D eigenvalue weighted by molar-refractivity contribution is -0.149. The van der Waals surface area contributed by atoms with Crippen LogP contribution in [0.15, 0.2) is 48.5 Å². The van der Waals surface area contributed by atoms with Crippen molar-refractivity contribution >= 4 is 43.5 Å². The van der Waals surface area contributed by atoms with Crippen molar-refractivity contribution in [3.8, 4) is 0 Å². The molecule has 0 bridgehead atoms. The molecule has 2 aliphatic heterocycles. The number of amides is 3. The molecule has 256 valence electrons. The van der Waals surface area contributed by atoms with Crippen LogP contribution in [-0.2, 0) is 40.8 Å². The van der Waals surface area contributed by atoms with Gasteiger partial charge in [0.2, 0.25) is 14.3 Å². The summed E-state index contributed by atoms with van der Waals surface area (Å²) in [5.41, 5.74) is -0.207. The molecule has 2 aromatic rings. The molecule has 3 amide bonds. The summed E-state index contributed by atoms with van der Waals surface area (Å²) in [5.74, 6) is -2.39. The van der Waals surface area contributed by atoms with Crippen LogP contribution in [0.25, 0.3) is 0 Å². The molecule has 1 saturated heterocycles. The van der Waals surface area contributed by atoms with E-state index in [1.807, 2.05) is 30.3 Å². The highest BCUT2D eigenvalue weighted by atomic mass is 28.4. The molecular formula is C34H46FN3O8Si. The average molecular weight is 672 g/mol. The number of nitrogens with zero attached hydrogens (tertiary/aromatic N) is 2. The van der Waals surface area contributed by atoms with E-state index in [1.54, 1.807) is 43.1 Å². The van der Waals surface area contributed by atoms with E-state index < -0.39 is 49.5 Å². The first-order valence-corrected chi connectivity index (χ1v) is 19.0. The standard InChI is InChI=1S/C34H46FN3O8Si/c1-22-31(47(4,5)35)28(20-29(41)37(17-18-39)21-24-11-7-6-8-12-24)46-34(22)26-19-25(36-32(43)23(2)40)14-15-27(26)38(33(34)44)16-10-9-13-30(42)45-3/h6-8,11-12,14-15,19,22-23,28,31,39-40H,9-10,13,16-18,20-21H2,1-5H3,(H,36,43)/t22-,23+,28+,31-,34+/m1/s1. The van der Waals surface area contributed by atoms with E-state index >= 15 is 4.11 Å². The number of ether oxygens (including phenoxy) is 2. The monoisotopic (exact) mass is 671 g/mol. The molecule has 2 aromatic carbocycles. The maximum Gasteiger partial charge on any atom is 0.305 e. The maximum atomic E-state index is 16.3. The molecule has 4 rings (SSSR count). The van der Waals surface area contributed by atoms with Crippen LogP contribution in [0.1, 0.15) is 50.7 Å². The molecule has 0 radical (unpaired) electrons. The van der Waals surface area contributed by atoms with E-state index in [2.05, 4.69) is 5.32 Å². The van der Waals surface area contributed by atoms with E-state index in [1.165, 1.54) is 18.9 Å². The summed E-state index contributed by atoms with van der Waals surface area (Å²) < 4.78 is 27.8. The summed E-state index contributed by atoms with van der Waals surface area (Å²) in [6.45, 7) is 6.55. The molecule has 0 aliphatic carbocycles. The predicted molar refractivity (Wildman–Crippen MR) is 177 cm³/mol. The molecule has 0 unspecified atom stereocenters. The number of carbonyl (C=O) groups excluding carboxylic acids is 4. The summed E-state index contributed by atoms with van der Waals surface area (Å²) in [4.78, 5) is 55.5. The van der Waals surface area contributed by atoms with E-state index in [0.717, 1.165) is 5.56 Å². The van der Waals surface area contributed by atoms with Crippen molar-refractivity contribution < 1.29 is 43.0 Å². The second-order valence-electron chi connectivity index (χ2n) is 12.9. The zero-order valence-corrected chi connectivity index (χ0v) is 28.7. The highest BCUT2D eigenvalue weighted by molar-refractivity contribution is 6.72. The minimum absolute atomic E-state index is 0.0791. The Morgan fingerprint density at radius 3 is 2.49 bits per heavy atom. The van der Waals surface area contributed by atoms with Crippen LogP contribution < -0.4 is 10.2 Å². The quantitative estimate of drug-likeness (QED) is 0.119. The van der Waals surface area contributed by atoms with Crippen molar-refractivity contribution in [1.82, 2.24) is 4.90 Å². The fourth-order valence-electron chi connectivity index (χ4n) is 6.95. The van der Waals surface area contributed by atoms with Crippen molar-refractivity contribution in [2.45, 2.75) is 82.5 Å². The first kappa shape index (κ1) is 36.2. The summed E-state index contributed by atoms with van der Waals surface area (Å²) in [6, 6.07) is 14.3. The van der Waals surface area contributed by atoms with Crippen LogP contribution in [0.4, 0.5) is 15.5 Å². The number of aliphatic hydroxyl groups excluding tert-OH is 2. The molecule has 1 spiro atoms. The van der Waals surface area contributed by atoms with Gasteiger partial charge >= 0.3 is 5.97 Å². The molecule has 11 nitrogen and oxygen atoms in total. The lowest BCUT2D eigenvalue weighted by Crippen LogP contribution is -2.45. The Kier molecular flexibility index (Phi) is 11.6. The molecule has 0 aromatic heterocycles. The summed E-state index contributed by atoms with van der Waals surface area (Å²) in [7, 11) is -2.27. The average Bonchev–Trinajstić information content (AvgIpc) is 3.45. The van der Waals surface area contributed by atoms with E-state index in [0.29, 0.717) is 29.8 Å². The lowest BCUT2D eigenvalue weighted by Gasteiger charge is -2.31. The topological polar surface area (TPSA) is 146 Å². The molecule has 3 N–H and O–H groups in total. The Morgan fingerprint density at radius 2 is 1.87 bits per heavy atom. The number of rotatable bonds is 14. The van der Waals surface area contributed by atoms with Crippen molar-refractivity contribution in [2.75, 3.05) is 37.0 Å². The van der Waals surface area contributed by atoms with Gasteiger partial charge in [-0.25, -0.2) is 0 Å². The molecule has 2 heterocycles. The fourth-order valence-corrected chi connectivity index (χ4v) is 9.45. The number of aliphatic hydroxyl groups is 2. The Labute approximate surface area is 276 Å². The number of anilines is 2. The Balaban J connectivity index is 1.71. The van der Waals surface area contributed by atoms with E-state index in [9.17, 15) is 29.4 Å². The van der Waals surface area contributed by atoms with Gasteiger partial charge in [0.05, 0.1) is 31.9 Å². The summed E-state index contributed by atoms with van der Waals surface area (Å²) >= 11 is 0. The molecule has 1 fully saturated rings. The smallest absolute Gasteiger partial charge is 0.305 e. The molecule has 47 heavy (non-hydrogen) atoms. The highest BCUT2D eigenvalue weighted by Crippen LogP contribution is 2.60. The molecule has 13 heteroatoms. The van der Waals surface area contributed by atoms with Crippen LogP contribution in [0.2, 0.25) is 18.6 Å². The van der Waals surface area contributed by atoms with E-state index in [-0.39, 0.29) is 51.0 Å². The van der Waals surface area contributed by atoms with Gasteiger partial charge in [0.25, 0.3) is 11.8 Å². The Hall–Kier alpha value is -3.65. The number of benzene rings is 2. The van der Waals surface area contributed by atoms with Gasteiger partial charge in [0.15, 0.2) is 5.60 Å². The zero-order chi connectivity index (χ0) is 34.5. The third-order valence-electron chi connectivity index (χ3n) is 9.16. The largest absolute Gasteiger partial charge is 0.469 e. The van der Waals surface area contributed by atoms with Gasteiger partial charge in [-0.1, -0.05) is 37.3 Å². The fraction of sp³-hybridized carbons (Fsp3) is 0.529. The predicted octanol–water partition coefficient (Wildman–Crippen LogP) is 3.88. The number of unbranched alkanes of at least 4 members (excludes halogenated alkanes) is 1. The number of hydrogen-bond donors (Lipinski definition) is 3. The van der Waals surface area contributed by atoms with Gasteiger partial charge in [0, 0.05) is 48.8 Å². The minimum Gasteiger partial charge on any atom is -0.469 e. The van der Waals surface area contributed by atoms with Crippen molar-refractivity contribution in [2.24, 2.45) is 5.92 Å². The molecule has 2 aliphatic rings. The van der Waals surface area contributed by atoms with Gasteiger partial charge < -0.3 is 38.9 Å². The number of halogens is 1. The van der Waals surface area contributed by atoms with Crippen LogP contribution in [0.5, 0.6) is 0 Å². The van der Waals surface area contributed by atoms with Crippen LogP contribution >= 0.6 is 0 Å². The van der Waals surface area contributed by atoms with Crippen molar-refractivity contribution in [3.63, 3.8) is 0 Å². The summed E-state index contributed by atoms with van der Waals surface area (Å²) in [5, 5.41) is 22.2. The van der Waals surface area contributed by atoms with Gasteiger partial charge in [-0.3, -0.25) is 19.2 Å². The lowest BCUT2D eigenvalue weighted by atomic mass is 9.82. The normalized spacial score (nSPS) is 22.7. The van der Waals surface area contributed by atoms with Gasteiger partial charge in [-0.05, 0) is 56.6 Å². The van der Waals surface area contributed by atoms with Gasteiger partial charge in [-0.2, -0.15) is 0 Å². The minimum atomic E-state index is -3.58. The number of fused-ring (bicyclic) bond motifs is 2. The van der Waals surface area contributed by atoms with Gasteiger partial charge in [-0.15, -0.1) is 0 Å². The van der Waals surface area contributed by atoms with Crippen LogP contribution in [0.3, 0.4) is 0 Å². The van der Waals surface area contributed by atoms with Crippen molar-refractivity contribution in [1.29, 1.82) is 0 Å². The molecular weight excluding hydrogens is 625 g/mol. The van der Waals surface area contributed by atoms with Gasteiger partial charge in [0.1, 0.15) is 6.10 Å². The third-order valence-corrected chi connectivity index (χ3v) is 11.6. The molecule has 0 saturated carbocycles. The summed E-state index contributed by atoms with van der Waals surface area (Å²) in [6.07, 6.45) is -1.26. The second-order valence-corrected chi connectivity index (χ2v) is 16.7. The number of nitrogens with one attached hydrogen (secondary N) is 1. The second kappa shape index (κ2) is 15.1. The Morgan fingerprint density at radius 1 is 1.17 bits per heavy atom. The third kappa shape index (κ3) is 7.74. The SMILES string of the molecule is COC(=O)CCCCN1C(=O)[C@@]2(O[C@@H](CC(=O)N(CCO)Cc3ccccc3)[C@H]([Si](C)(C)F)[C@H]2C)c2cc(NC(=O)[C@H](C)O)ccc21. The first-order chi connectivity index (χ1) is 22.2. The van der Waals surface area contributed by atoms with Crippen LogP contribution in [-0.4, -0.2) is 86.2 Å². The highest BCUT2D eigenvalue weighted by Gasteiger charge is 2.67. The van der Waals surface area contributed by atoms with Crippen molar-refractivity contribution in [3.05, 3.63) is 59.7 Å². The molecule has 5 atom stereocenters. The van der Waals surface area contributed by atoms with Crippen LogP contribution in [0, 0.1) is 5.92 Å². The maximum absolute atomic E-state index is 16.3. The number of hydrogen-bond acceptors (Lipinski definition) is 8. The number of esters is 1. The number of carbonyl (C=O) groups is 4. The zero-order valence-electron chi connectivity index (χ0n) is 27.7. The number of methoxy groups -OCH3 is 1. The Bertz CT molecular complexity index is 1450. The first-order valence-electron chi connectivity index (χ1n) is 16.1.